The largest absolute Gasteiger partial charge is 0.329 e. The van der Waals surface area contributed by atoms with Gasteiger partial charge < -0.3 is 5.73 Å². The van der Waals surface area contributed by atoms with E-state index in [2.05, 4.69) is 30.7 Å². The molecule has 3 aliphatic rings. The minimum Gasteiger partial charge on any atom is -0.329 e. The van der Waals surface area contributed by atoms with Crippen LogP contribution in [0.3, 0.4) is 0 Å². The number of likely N-dealkylation sites (N-methyl/N-ethyl adjacent to an activating group) is 1. The van der Waals surface area contributed by atoms with E-state index in [0.717, 1.165) is 18.4 Å². The number of nitrogens with two attached hydrogens (primary N) is 1. The first-order valence-corrected chi connectivity index (χ1v) is 7.64. The molecule has 104 valence electrons. The van der Waals surface area contributed by atoms with Gasteiger partial charge in [0.15, 0.2) is 0 Å². The first-order valence-electron chi connectivity index (χ1n) is 7.64. The minimum absolute atomic E-state index is 0.294. The van der Waals surface area contributed by atoms with E-state index in [0.29, 0.717) is 11.1 Å². The van der Waals surface area contributed by atoms with E-state index in [1.807, 2.05) is 0 Å². The maximum absolute atomic E-state index is 6.25. The van der Waals surface area contributed by atoms with Crippen LogP contribution in [0.15, 0.2) is 0 Å². The summed E-state index contributed by atoms with van der Waals surface area (Å²) in [4.78, 5) is 5.26. The molecule has 0 amide bonds. The quantitative estimate of drug-likeness (QED) is 0.808. The van der Waals surface area contributed by atoms with Crippen molar-refractivity contribution in [1.82, 2.24) is 9.80 Å². The van der Waals surface area contributed by atoms with Crippen LogP contribution in [0.1, 0.15) is 39.5 Å². The second-order valence-corrected chi connectivity index (χ2v) is 7.54. The first-order chi connectivity index (χ1) is 8.48. The third-order valence-corrected chi connectivity index (χ3v) is 6.24. The van der Waals surface area contributed by atoms with Gasteiger partial charge in [0, 0.05) is 37.3 Å². The molecule has 3 fully saturated rings. The highest BCUT2D eigenvalue weighted by Gasteiger charge is 2.54. The normalized spacial score (nSPS) is 44.7. The van der Waals surface area contributed by atoms with Gasteiger partial charge in [0.2, 0.25) is 0 Å². The molecule has 2 saturated carbocycles. The van der Waals surface area contributed by atoms with E-state index in [-0.39, 0.29) is 0 Å². The van der Waals surface area contributed by atoms with Gasteiger partial charge in [-0.05, 0) is 52.0 Å². The first kappa shape index (κ1) is 12.9. The van der Waals surface area contributed by atoms with Gasteiger partial charge in [-0.3, -0.25) is 9.80 Å². The highest BCUT2D eigenvalue weighted by Crippen LogP contribution is 2.53. The van der Waals surface area contributed by atoms with E-state index < -0.39 is 0 Å². The molecule has 0 aromatic heterocycles. The predicted molar refractivity (Wildman–Crippen MR) is 75.5 cm³/mol. The molecule has 1 heterocycles. The van der Waals surface area contributed by atoms with Crippen LogP contribution in [-0.2, 0) is 0 Å². The summed E-state index contributed by atoms with van der Waals surface area (Å²) in [6, 6.07) is 0. The topological polar surface area (TPSA) is 32.5 Å². The molecule has 3 nitrogen and oxygen atoms in total. The average molecular weight is 251 g/mol. The smallest absolute Gasteiger partial charge is 0.0363 e. The Hall–Kier alpha value is -0.120. The van der Waals surface area contributed by atoms with Crippen molar-refractivity contribution >= 4 is 0 Å². The van der Waals surface area contributed by atoms with Crippen molar-refractivity contribution < 1.29 is 0 Å². The Kier molecular flexibility index (Phi) is 3.00. The van der Waals surface area contributed by atoms with E-state index in [1.54, 1.807) is 0 Å². The number of nitrogens with zero attached hydrogens (tertiary/aromatic N) is 2. The zero-order chi connectivity index (χ0) is 13.0. The van der Waals surface area contributed by atoms with E-state index in [9.17, 15) is 0 Å². The Morgan fingerprint density at radius 1 is 1.22 bits per heavy atom. The number of piperazine rings is 1. The Balaban J connectivity index is 1.81. The summed E-state index contributed by atoms with van der Waals surface area (Å²) >= 11 is 0. The lowest BCUT2D eigenvalue weighted by Crippen LogP contribution is -2.67. The zero-order valence-corrected chi connectivity index (χ0v) is 12.3. The molecule has 3 unspecified atom stereocenters. The molecule has 1 aliphatic heterocycles. The molecule has 0 aromatic rings. The van der Waals surface area contributed by atoms with Crippen LogP contribution in [0.4, 0.5) is 0 Å². The van der Waals surface area contributed by atoms with Crippen molar-refractivity contribution in [3.63, 3.8) is 0 Å². The maximum atomic E-state index is 6.25. The average Bonchev–Trinajstić information content (AvgIpc) is 2.93. The molecule has 0 radical (unpaired) electrons. The number of hydrogen-bond donors (Lipinski definition) is 1. The molecule has 3 atom stereocenters. The van der Waals surface area contributed by atoms with Crippen LogP contribution in [-0.4, -0.2) is 54.1 Å². The van der Waals surface area contributed by atoms with Gasteiger partial charge in [-0.15, -0.1) is 0 Å². The summed E-state index contributed by atoms with van der Waals surface area (Å²) in [5.41, 5.74) is 6.90. The van der Waals surface area contributed by atoms with Crippen molar-refractivity contribution in [1.29, 1.82) is 0 Å². The van der Waals surface area contributed by atoms with Crippen molar-refractivity contribution in [2.75, 3.05) is 33.2 Å². The number of fused-ring (bicyclic) bond motifs is 2. The second-order valence-electron chi connectivity index (χ2n) is 7.54. The Morgan fingerprint density at radius 3 is 2.50 bits per heavy atom. The molecule has 0 aromatic carbocycles. The molecular formula is C15H29N3. The van der Waals surface area contributed by atoms with Crippen molar-refractivity contribution in [2.45, 2.75) is 50.6 Å². The number of hydrogen-bond acceptors (Lipinski definition) is 3. The van der Waals surface area contributed by atoms with Crippen LogP contribution < -0.4 is 5.73 Å². The van der Waals surface area contributed by atoms with Gasteiger partial charge in [-0.25, -0.2) is 0 Å². The fourth-order valence-electron chi connectivity index (χ4n) is 4.80. The van der Waals surface area contributed by atoms with Crippen LogP contribution in [0.2, 0.25) is 0 Å². The highest BCUT2D eigenvalue weighted by atomic mass is 15.3. The van der Waals surface area contributed by atoms with Crippen LogP contribution in [0, 0.1) is 11.8 Å². The van der Waals surface area contributed by atoms with Gasteiger partial charge in [-0.1, -0.05) is 6.42 Å². The molecule has 2 bridgehead atoms. The summed E-state index contributed by atoms with van der Waals surface area (Å²) in [6.45, 7) is 9.19. The van der Waals surface area contributed by atoms with Gasteiger partial charge >= 0.3 is 0 Å². The lowest BCUT2D eigenvalue weighted by atomic mass is 9.78. The molecular weight excluding hydrogens is 222 g/mol. The lowest BCUT2D eigenvalue weighted by molar-refractivity contribution is -0.0443. The third-order valence-electron chi connectivity index (χ3n) is 6.24. The highest BCUT2D eigenvalue weighted by molar-refractivity contribution is 5.10. The molecule has 2 N–H and O–H groups in total. The summed E-state index contributed by atoms with van der Waals surface area (Å²) in [5.74, 6) is 1.85. The summed E-state index contributed by atoms with van der Waals surface area (Å²) in [5, 5.41) is 0. The number of rotatable bonds is 2. The summed E-state index contributed by atoms with van der Waals surface area (Å²) in [7, 11) is 2.26. The Bertz CT molecular complexity index is 328. The molecule has 3 heteroatoms. The molecule has 18 heavy (non-hydrogen) atoms. The maximum Gasteiger partial charge on any atom is 0.0363 e. The predicted octanol–water partition coefficient (Wildman–Crippen LogP) is 1.53. The van der Waals surface area contributed by atoms with Crippen molar-refractivity contribution in [3.05, 3.63) is 0 Å². The summed E-state index contributed by atoms with van der Waals surface area (Å²) in [6.07, 6.45) is 5.70. The second kappa shape index (κ2) is 4.19. The van der Waals surface area contributed by atoms with Gasteiger partial charge in [-0.2, -0.15) is 0 Å². The fraction of sp³-hybridized carbons (Fsp3) is 1.00. The van der Waals surface area contributed by atoms with Crippen LogP contribution in [0.25, 0.3) is 0 Å². The van der Waals surface area contributed by atoms with Gasteiger partial charge in [0.05, 0.1) is 0 Å². The van der Waals surface area contributed by atoms with Crippen LogP contribution >= 0.6 is 0 Å². The molecule has 3 rings (SSSR count). The summed E-state index contributed by atoms with van der Waals surface area (Å²) < 4.78 is 0. The van der Waals surface area contributed by atoms with E-state index in [1.165, 1.54) is 45.3 Å². The SMILES string of the molecule is CN1CCN(C2(CN)CC3CCC2C3)CC1(C)C. The van der Waals surface area contributed by atoms with Gasteiger partial charge in [0.1, 0.15) is 0 Å². The van der Waals surface area contributed by atoms with E-state index in [4.69, 9.17) is 5.73 Å². The third kappa shape index (κ3) is 1.75. The zero-order valence-electron chi connectivity index (χ0n) is 12.3. The van der Waals surface area contributed by atoms with E-state index >= 15 is 0 Å². The molecule has 0 spiro atoms. The van der Waals surface area contributed by atoms with Gasteiger partial charge in [0.25, 0.3) is 0 Å². The minimum atomic E-state index is 0.294. The standard InChI is InChI=1S/C15H29N3/c1-14(2)11-18(7-6-17(14)3)15(10-16)9-12-4-5-13(15)8-12/h12-13H,4-11,16H2,1-3H3. The monoisotopic (exact) mass is 251 g/mol. The van der Waals surface area contributed by atoms with Crippen molar-refractivity contribution in [3.8, 4) is 0 Å². The van der Waals surface area contributed by atoms with Crippen molar-refractivity contribution in [2.24, 2.45) is 17.6 Å². The Labute approximate surface area is 112 Å². The molecule has 1 saturated heterocycles. The molecule has 2 aliphatic carbocycles. The Morgan fingerprint density at radius 2 is 2.00 bits per heavy atom. The fourth-order valence-corrected chi connectivity index (χ4v) is 4.80. The van der Waals surface area contributed by atoms with Crippen LogP contribution in [0.5, 0.6) is 0 Å². The lowest BCUT2D eigenvalue weighted by Gasteiger charge is -2.54.